The van der Waals surface area contributed by atoms with Crippen molar-refractivity contribution in [1.29, 1.82) is 0 Å². The maximum atomic E-state index is 12.4. The Labute approximate surface area is 209 Å². The van der Waals surface area contributed by atoms with Crippen LogP contribution in [0.25, 0.3) is 10.9 Å². The molecule has 0 aliphatic carbocycles. The number of piperazine rings is 1. The molecule has 2 aromatic carbocycles. The van der Waals surface area contributed by atoms with Crippen LogP contribution in [-0.2, 0) is 11.8 Å². The molecule has 1 saturated heterocycles. The molecule has 1 fully saturated rings. The van der Waals surface area contributed by atoms with Crippen LogP contribution >= 0.6 is 23.4 Å². The molecule has 0 spiro atoms. The molecule has 34 heavy (non-hydrogen) atoms. The number of aromatic nitrogens is 1. The van der Waals surface area contributed by atoms with E-state index in [1.807, 2.05) is 30.3 Å². The molecule has 1 N–H and O–H groups in total. The van der Waals surface area contributed by atoms with Gasteiger partial charge in [0.2, 0.25) is 5.91 Å². The molecule has 8 heteroatoms. The van der Waals surface area contributed by atoms with Gasteiger partial charge in [0.05, 0.1) is 11.3 Å². The molecule has 1 amide bonds. The third kappa shape index (κ3) is 5.95. The lowest BCUT2D eigenvalue weighted by atomic mass is 10.1. The van der Waals surface area contributed by atoms with Crippen molar-refractivity contribution in [3.8, 4) is 0 Å². The highest BCUT2D eigenvalue weighted by atomic mass is 35.5. The van der Waals surface area contributed by atoms with Crippen LogP contribution in [0.2, 0.25) is 5.02 Å². The Morgan fingerprint density at radius 2 is 1.85 bits per heavy atom. The summed E-state index contributed by atoms with van der Waals surface area (Å²) in [5.41, 5.74) is 3.29. The summed E-state index contributed by atoms with van der Waals surface area (Å²) < 4.78 is 1.63. The second kappa shape index (κ2) is 11.3. The minimum absolute atomic E-state index is 0.00370. The van der Waals surface area contributed by atoms with Crippen molar-refractivity contribution in [3.05, 3.63) is 69.5 Å². The molecular formula is C26H31ClN4O2S. The van der Waals surface area contributed by atoms with Gasteiger partial charge >= 0.3 is 0 Å². The SMILES string of the molecule is Cc1ccc(Cl)cc1N1CCN(CCCNC(=O)CSc2cc(=O)n(C)c3ccccc23)CC1. The quantitative estimate of drug-likeness (QED) is 0.377. The van der Waals surface area contributed by atoms with Crippen molar-refractivity contribution in [1.82, 2.24) is 14.8 Å². The number of amides is 1. The number of anilines is 1. The number of pyridine rings is 1. The van der Waals surface area contributed by atoms with E-state index in [9.17, 15) is 9.59 Å². The molecule has 3 aromatic rings. The van der Waals surface area contributed by atoms with Gasteiger partial charge in [-0.3, -0.25) is 14.5 Å². The summed E-state index contributed by atoms with van der Waals surface area (Å²) >= 11 is 7.60. The molecule has 1 aliphatic heterocycles. The Balaban J connectivity index is 1.18. The fraction of sp³-hybridized carbons (Fsp3) is 0.385. The first kappa shape index (κ1) is 24.6. The average Bonchev–Trinajstić information content (AvgIpc) is 2.85. The number of fused-ring (bicyclic) bond motifs is 1. The Bertz CT molecular complexity index is 1220. The predicted octanol–water partition coefficient (Wildman–Crippen LogP) is 3.92. The zero-order chi connectivity index (χ0) is 24.1. The van der Waals surface area contributed by atoms with Gasteiger partial charge in [-0.05, 0) is 43.7 Å². The third-order valence-corrected chi connectivity index (χ3v) is 7.62. The molecule has 1 aliphatic rings. The van der Waals surface area contributed by atoms with E-state index < -0.39 is 0 Å². The molecule has 6 nitrogen and oxygen atoms in total. The second-order valence-electron chi connectivity index (χ2n) is 8.67. The van der Waals surface area contributed by atoms with Crippen LogP contribution in [0.5, 0.6) is 0 Å². The summed E-state index contributed by atoms with van der Waals surface area (Å²) in [6.45, 7) is 7.72. The molecule has 0 radical (unpaired) electrons. The van der Waals surface area contributed by atoms with Gasteiger partial charge in [0.25, 0.3) is 5.56 Å². The lowest BCUT2D eigenvalue weighted by Crippen LogP contribution is -2.47. The van der Waals surface area contributed by atoms with Gasteiger partial charge in [0, 0.05) is 66.8 Å². The van der Waals surface area contributed by atoms with Crippen LogP contribution in [0.3, 0.4) is 0 Å². The van der Waals surface area contributed by atoms with E-state index >= 15 is 0 Å². The van der Waals surface area contributed by atoms with Crippen LogP contribution in [0.1, 0.15) is 12.0 Å². The van der Waals surface area contributed by atoms with Gasteiger partial charge in [-0.25, -0.2) is 0 Å². The standard InChI is InChI=1S/C26H31ClN4O2S/c1-19-8-9-20(27)16-23(19)31-14-12-30(13-15-31)11-5-10-28-25(32)18-34-24-17-26(33)29(2)22-7-4-3-6-21(22)24/h3-4,6-9,16-17H,5,10-15,18H2,1-2H3,(H,28,32). The van der Waals surface area contributed by atoms with Crippen LogP contribution < -0.4 is 15.8 Å². The van der Waals surface area contributed by atoms with Gasteiger partial charge < -0.3 is 14.8 Å². The predicted molar refractivity (Wildman–Crippen MR) is 142 cm³/mol. The molecule has 0 saturated carbocycles. The average molecular weight is 499 g/mol. The number of nitrogens with zero attached hydrogens (tertiary/aromatic N) is 3. The van der Waals surface area contributed by atoms with E-state index in [1.165, 1.54) is 23.0 Å². The van der Waals surface area contributed by atoms with E-state index in [-0.39, 0.29) is 11.5 Å². The van der Waals surface area contributed by atoms with Crippen LogP contribution in [0.4, 0.5) is 5.69 Å². The van der Waals surface area contributed by atoms with Crippen molar-refractivity contribution >= 4 is 45.9 Å². The zero-order valence-corrected chi connectivity index (χ0v) is 21.3. The van der Waals surface area contributed by atoms with Gasteiger partial charge in [0.15, 0.2) is 0 Å². The number of nitrogens with one attached hydrogen (secondary N) is 1. The Hall–Kier alpha value is -2.48. The molecule has 1 aromatic heterocycles. The van der Waals surface area contributed by atoms with E-state index in [0.717, 1.165) is 60.0 Å². The maximum Gasteiger partial charge on any atom is 0.251 e. The van der Waals surface area contributed by atoms with Gasteiger partial charge in [-0.15, -0.1) is 11.8 Å². The Morgan fingerprint density at radius 3 is 2.65 bits per heavy atom. The van der Waals surface area contributed by atoms with Crippen molar-refractivity contribution in [3.63, 3.8) is 0 Å². The molecule has 0 atom stereocenters. The monoisotopic (exact) mass is 498 g/mol. The van der Waals surface area contributed by atoms with Crippen molar-refractivity contribution in [2.45, 2.75) is 18.2 Å². The maximum absolute atomic E-state index is 12.4. The van der Waals surface area contributed by atoms with Crippen LogP contribution in [0, 0.1) is 6.92 Å². The lowest BCUT2D eigenvalue weighted by molar-refractivity contribution is -0.118. The number of carbonyl (C=O) groups excluding carboxylic acids is 1. The summed E-state index contributed by atoms with van der Waals surface area (Å²) in [7, 11) is 1.77. The van der Waals surface area contributed by atoms with E-state index in [2.05, 4.69) is 34.2 Å². The number of carbonyl (C=O) groups is 1. The number of para-hydroxylation sites is 1. The van der Waals surface area contributed by atoms with Gasteiger partial charge in [0.1, 0.15) is 0 Å². The van der Waals surface area contributed by atoms with E-state index in [4.69, 9.17) is 11.6 Å². The fourth-order valence-electron chi connectivity index (χ4n) is 4.36. The first-order chi connectivity index (χ1) is 16.4. The first-order valence-corrected chi connectivity index (χ1v) is 13.0. The highest BCUT2D eigenvalue weighted by Gasteiger charge is 2.18. The van der Waals surface area contributed by atoms with Crippen molar-refractivity contribution in [2.24, 2.45) is 7.05 Å². The smallest absolute Gasteiger partial charge is 0.251 e. The van der Waals surface area contributed by atoms with Crippen molar-refractivity contribution in [2.75, 3.05) is 49.9 Å². The Kier molecular flexibility index (Phi) is 8.19. The fourth-order valence-corrected chi connectivity index (χ4v) is 5.43. The normalized spacial score (nSPS) is 14.5. The molecular weight excluding hydrogens is 468 g/mol. The van der Waals surface area contributed by atoms with Crippen LogP contribution in [0.15, 0.2) is 58.2 Å². The summed E-state index contributed by atoms with van der Waals surface area (Å²) in [6, 6.07) is 15.5. The van der Waals surface area contributed by atoms with E-state index in [0.29, 0.717) is 12.3 Å². The minimum Gasteiger partial charge on any atom is -0.369 e. The number of aryl methyl sites for hydroxylation is 2. The molecule has 180 valence electrons. The number of hydrogen-bond acceptors (Lipinski definition) is 5. The second-order valence-corrected chi connectivity index (χ2v) is 10.1. The minimum atomic E-state index is -0.0628. The summed E-state index contributed by atoms with van der Waals surface area (Å²) in [4.78, 5) is 30.3. The number of hydrogen-bond donors (Lipinski definition) is 1. The van der Waals surface area contributed by atoms with Crippen molar-refractivity contribution < 1.29 is 4.79 Å². The largest absolute Gasteiger partial charge is 0.369 e. The summed E-state index contributed by atoms with van der Waals surface area (Å²) in [5.74, 6) is 0.297. The highest BCUT2D eigenvalue weighted by molar-refractivity contribution is 8.00. The Morgan fingerprint density at radius 1 is 1.09 bits per heavy atom. The number of rotatable bonds is 8. The topological polar surface area (TPSA) is 57.6 Å². The molecule has 0 unspecified atom stereocenters. The first-order valence-electron chi connectivity index (χ1n) is 11.6. The molecule has 0 bridgehead atoms. The summed E-state index contributed by atoms with van der Waals surface area (Å²) in [5, 5.41) is 4.79. The molecule has 4 rings (SSSR count). The molecule has 2 heterocycles. The zero-order valence-electron chi connectivity index (χ0n) is 19.7. The lowest BCUT2D eigenvalue weighted by Gasteiger charge is -2.37. The van der Waals surface area contributed by atoms with E-state index in [1.54, 1.807) is 17.7 Å². The number of halogens is 1. The number of benzene rings is 2. The van der Waals surface area contributed by atoms with Gasteiger partial charge in [-0.1, -0.05) is 35.9 Å². The van der Waals surface area contributed by atoms with Gasteiger partial charge in [-0.2, -0.15) is 0 Å². The summed E-state index contributed by atoms with van der Waals surface area (Å²) in [6.07, 6.45) is 0.918. The third-order valence-electron chi connectivity index (χ3n) is 6.33. The number of thioether (sulfide) groups is 1. The highest BCUT2D eigenvalue weighted by Crippen LogP contribution is 2.26. The van der Waals surface area contributed by atoms with Crippen LogP contribution in [-0.4, -0.2) is 60.4 Å².